The fourth-order valence-electron chi connectivity index (χ4n) is 3.22. The van der Waals surface area contributed by atoms with Gasteiger partial charge in [-0.1, -0.05) is 29.8 Å². The van der Waals surface area contributed by atoms with Gasteiger partial charge >= 0.3 is 0 Å². The molecule has 0 atom stereocenters. The van der Waals surface area contributed by atoms with E-state index in [4.69, 9.17) is 16.6 Å². The Kier molecular flexibility index (Phi) is 4.47. The first-order valence-electron chi connectivity index (χ1n) is 8.53. The summed E-state index contributed by atoms with van der Waals surface area (Å²) in [5.74, 6) is -0.304. The van der Waals surface area contributed by atoms with E-state index in [1.807, 2.05) is 30.3 Å². The van der Waals surface area contributed by atoms with E-state index in [1.54, 1.807) is 6.07 Å². The minimum absolute atomic E-state index is 0.0972. The van der Waals surface area contributed by atoms with Gasteiger partial charge in [-0.25, -0.2) is 9.37 Å². The summed E-state index contributed by atoms with van der Waals surface area (Å²) in [6, 6.07) is 13.7. The maximum Gasteiger partial charge on any atom is 0.259 e. The van der Waals surface area contributed by atoms with Gasteiger partial charge in [0.2, 0.25) is 0 Å². The van der Waals surface area contributed by atoms with Crippen LogP contribution in [0.25, 0.3) is 10.9 Å². The van der Waals surface area contributed by atoms with Crippen molar-refractivity contribution in [2.45, 2.75) is 12.8 Å². The molecule has 1 aliphatic rings. The van der Waals surface area contributed by atoms with Crippen LogP contribution >= 0.6 is 11.6 Å². The van der Waals surface area contributed by atoms with Gasteiger partial charge in [-0.05, 0) is 43.2 Å². The standard InChI is InChI=1S/C20H17ClFN3O/c21-14-7-8-18(16(22)12-14)24-20(26)15-11-13-5-1-2-6-17(13)23-19(15)25-9-3-4-10-25/h1-2,5-8,11-12H,3-4,9-10H2,(H,24,26). The fraction of sp³-hybridized carbons (Fsp3) is 0.200. The van der Waals surface area contributed by atoms with Crippen LogP contribution in [0, 0.1) is 5.82 Å². The number of aromatic nitrogens is 1. The number of hydrogen-bond donors (Lipinski definition) is 1. The number of carbonyl (C=O) groups excluding carboxylic acids is 1. The smallest absolute Gasteiger partial charge is 0.259 e. The Balaban J connectivity index is 1.75. The topological polar surface area (TPSA) is 45.2 Å². The van der Waals surface area contributed by atoms with E-state index in [0.29, 0.717) is 11.4 Å². The number of benzene rings is 2. The van der Waals surface area contributed by atoms with Gasteiger partial charge in [0.15, 0.2) is 0 Å². The zero-order chi connectivity index (χ0) is 18.1. The molecule has 2 heterocycles. The summed E-state index contributed by atoms with van der Waals surface area (Å²) in [5.41, 5.74) is 1.38. The summed E-state index contributed by atoms with van der Waals surface area (Å²) in [7, 11) is 0. The molecule has 2 aromatic carbocycles. The van der Waals surface area contributed by atoms with Crippen LogP contribution < -0.4 is 10.2 Å². The molecule has 1 aromatic heterocycles. The van der Waals surface area contributed by atoms with Crippen molar-refractivity contribution in [2.24, 2.45) is 0 Å². The number of para-hydroxylation sites is 1. The van der Waals surface area contributed by atoms with Crippen molar-refractivity contribution < 1.29 is 9.18 Å². The van der Waals surface area contributed by atoms with Crippen molar-refractivity contribution in [1.82, 2.24) is 4.98 Å². The van der Waals surface area contributed by atoms with Crippen molar-refractivity contribution in [2.75, 3.05) is 23.3 Å². The maximum atomic E-state index is 14.1. The summed E-state index contributed by atoms with van der Waals surface area (Å²) in [5, 5.41) is 3.80. The molecule has 0 radical (unpaired) electrons. The Morgan fingerprint density at radius 2 is 1.88 bits per heavy atom. The van der Waals surface area contributed by atoms with E-state index in [9.17, 15) is 9.18 Å². The van der Waals surface area contributed by atoms with E-state index in [2.05, 4.69) is 10.2 Å². The van der Waals surface area contributed by atoms with Gasteiger partial charge in [0.25, 0.3) is 5.91 Å². The lowest BCUT2D eigenvalue weighted by molar-refractivity contribution is 0.102. The second-order valence-corrected chi connectivity index (χ2v) is 6.76. The van der Waals surface area contributed by atoms with E-state index < -0.39 is 5.82 Å². The van der Waals surface area contributed by atoms with Crippen LogP contribution in [0.4, 0.5) is 15.9 Å². The molecule has 3 aromatic rings. The molecular weight excluding hydrogens is 353 g/mol. The van der Waals surface area contributed by atoms with Crippen LogP contribution in [-0.2, 0) is 0 Å². The Hall–Kier alpha value is -2.66. The van der Waals surface area contributed by atoms with E-state index in [-0.39, 0.29) is 16.6 Å². The quantitative estimate of drug-likeness (QED) is 0.715. The molecule has 1 aliphatic heterocycles. The maximum absolute atomic E-state index is 14.1. The number of pyridine rings is 1. The highest BCUT2D eigenvalue weighted by atomic mass is 35.5. The van der Waals surface area contributed by atoms with Gasteiger partial charge in [-0.15, -0.1) is 0 Å². The number of halogens is 2. The van der Waals surface area contributed by atoms with Gasteiger partial charge in [-0.2, -0.15) is 0 Å². The monoisotopic (exact) mass is 369 g/mol. The van der Waals surface area contributed by atoms with Crippen LogP contribution in [0.5, 0.6) is 0 Å². The minimum atomic E-state index is -0.567. The van der Waals surface area contributed by atoms with Crippen molar-refractivity contribution >= 4 is 39.9 Å². The average molecular weight is 370 g/mol. The van der Waals surface area contributed by atoms with Crippen LogP contribution in [-0.4, -0.2) is 24.0 Å². The van der Waals surface area contributed by atoms with Crippen molar-refractivity contribution in [3.63, 3.8) is 0 Å². The Labute approximate surface area is 155 Å². The first-order valence-corrected chi connectivity index (χ1v) is 8.91. The molecule has 0 saturated carbocycles. The van der Waals surface area contributed by atoms with Crippen LogP contribution in [0.15, 0.2) is 48.5 Å². The van der Waals surface area contributed by atoms with E-state index >= 15 is 0 Å². The number of fused-ring (bicyclic) bond motifs is 1. The molecule has 1 saturated heterocycles. The molecule has 0 unspecified atom stereocenters. The third-order valence-corrected chi connectivity index (χ3v) is 4.77. The third-order valence-electron chi connectivity index (χ3n) is 4.53. The van der Waals surface area contributed by atoms with E-state index in [1.165, 1.54) is 12.1 Å². The molecule has 0 aliphatic carbocycles. The van der Waals surface area contributed by atoms with Crippen molar-refractivity contribution in [3.8, 4) is 0 Å². The number of carbonyl (C=O) groups is 1. The van der Waals surface area contributed by atoms with Gasteiger partial charge in [0.05, 0.1) is 16.8 Å². The van der Waals surface area contributed by atoms with E-state index in [0.717, 1.165) is 36.8 Å². The lowest BCUT2D eigenvalue weighted by Crippen LogP contribution is -2.24. The summed E-state index contributed by atoms with van der Waals surface area (Å²) in [6.07, 6.45) is 2.14. The molecule has 26 heavy (non-hydrogen) atoms. The predicted molar refractivity (Wildman–Crippen MR) is 103 cm³/mol. The lowest BCUT2D eigenvalue weighted by Gasteiger charge is -2.20. The highest BCUT2D eigenvalue weighted by Gasteiger charge is 2.22. The summed E-state index contributed by atoms with van der Waals surface area (Å²) in [4.78, 5) is 19.7. The summed E-state index contributed by atoms with van der Waals surface area (Å²) < 4.78 is 14.1. The second kappa shape index (κ2) is 6.92. The van der Waals surface area contributed by atoms with Crippen LogP contribution in [0.1, 0.15) is 23.2 Å². The Morgan fingerprint density at radius 1 is 1.12 bits per heavy atom. The van der Waals surface area contributed by atoms with Gasteiger partial charge < -0.3 is 10.2 Å². The average Bonchev–Trinajstić information content (AvgIpc) is 3.17. The Morgan fingerprint density at radius 3 is 2.65 bits per heavy atom. The Bertz CT molecular complexity index is 986. The molecule has 1 amide bonds. The second-order valence-electron chi connectivity index (χ2n) is 6.32. The first kappa shape index (κ1) is 16.8. The molecule has 0 bridgehead atoms. The highest BCUT2D eigenvalue weighted by molar-refractivity contribution is 6.30. The predicted octanol–water partition coefficient (Wildman–Crippen LogP) is 4.88. The van der Waals surface area contributed by atoms with Crippen molar-refractivity contribution in [3.05, 3.63) is 64.9 Å². The van der Waals surface area contributed by atoms with Gasteiger partial charge in [0, 0.05) is 23.5 Å². The first-order chi connectivity index (χ1) is 12.6. The zero-order valence-corrected chi connectivity index (χ0v) is 14.8. The van der Waals surface area contributed by atoms with Crippen molar-refractivity contribution in [1.29, 1.82) is 0 Å². The SMILES string of the molecule is O=C(Nc1ccc(Cl)cc1F)c1cc2ccccc2nc1N1CCCC1. The largest absolute Gasteiger partial charge is 0.356 e. The third kappa shape index (κ3) is 3.22. The normalized spacial score (nSPS) is 14.0. The molecule has 0 spiro atoms. The number of rotatable bonds is 3. The van der Waals surface area contributed by atoms with Crippen LogP contribution in [0.3, 0.4) is 0 Å². The molecule has 132 valence electrons. The summed E-state index contributed by atoms with van der Waals surface area (Å²) >= 11 is 5.78. The molecule has 1 N–H and O–H groups in total. The number of nitrogens with one attached hydrogen (secondary N) is 1. The number of amides is 1. The lowest BCUT2D eigenvalue weighted by atomic mass is 10.1. The van der Waals surface area contributed by atoms with Crippen LogP contribution in [0.2, 0.25) is 5.02 Å². The van der Waals surface area contributed by atoms with Gasteiger partial charge in [0.1, 0.15) is 11.6 Å². The molecular formula is C20H17ClFN3O. The fourth-order valence-corrected chi connectivity index (χ4v) is 3.38. The number of nitrogens with zero attached hydrogens (tertiary/aromatic N) is 2. The van der Waals surface area contributed by atoms with Gasteiger partial charge in [-0.3, -0.25) is 4.79 Å². The zero-order valence-electron chi connectivity index (χ0n) is 14.0. The number of hydrogen-bond acceptors (Lipinski definition) is 3. The number of anilines is 2. The highest BCUT2D eigenvalue weighted by Crippen LogP contribution is 2.28. The molecule has 4 nitrogen and oxygen atoms in total. The minimum Gasteiger partial charge on any atom is -0.356 e. The molecule has 1 fully saturated rings. The molecule has 4 rings (SSSR count). The molecule has 6 heteroatoms. The summed E-state index contributed by atoms with van der Waals surface area (Å²) in [6.45, 7) is 1.72.